The Morgan fingerprint density at radius 3 is 1.82 bits per heavy atom. The van der Waals surface area contributed by atoms with Crippen molar-refractivity contribution in [3.8, 4) is 0 Å². The molecule has 1 atom stereocenters. The first kappa shape index (κ1) is 29.9. The van der Waals surface area contributed by atoms with Crippen molar-refractivity contribution in [2.45, 2.75) is 18.8 Å². The molecule has 0 aliphatic heterocycles. The molecule has 1 unspecified atom stereocenters. The van der Waals surface area contributed by atoms with Gasteiger partial charge in [0, 0.05) is 59.9 Å². The number of rotatable bonds is 3. The monoisotopic (exact) mass is 588 g/mol. The third-order valence-electron chi connectivity index (χ3n) is 8.61. The second-order valence-corrected chi connectivity index (χ2v) is 11.9. The number of nitrogens with zero attached hydrogens (tertiary/aromatic N) is 1. The lowest BCUT2D eigenvalue weighted by Gasteiger charge is -2.29. The number of allylic oxidation sites excluding steroid dienone is 3. The Hall–Kier alpha value is -5.12. The van der Waals surface area contributed by atoms with Gasteiger partial charge in [-0.2, -0.15) is 0 Å². The van der Waals surface area contributed by atoms with Crippen molar-refractivity contribution in [2.75, 3.05) is 19.5 Å². The van der Waals surface area contributed by atoms with Crippen molar-refractivity contribution in [1.29, 1.82) is 0 Å². The summed E-state index contributed by atoms with van der Waals surface area (Å²) in [6.45, 7) is 2.34. The molecule has 1 aliphatic carbocycles. The number of nitrogens with one attached hydrogen (secondary N) is 1. The van der Waals surface area contributed by atoms with Gasteiger partial charge in [-0.1, -0.05) is 116 Å². The van der Waals surface area contributed by atoms with E-state index >= 15 is 0 Å². The molecule has 3 nitrogen and oxygen atoms in total. The molecule has 3 heteroatoms. The van der Waals surface area contributed by atoms with Crippen LogP contribution in [0.5, 0.6) is 0 Å². The van der Waals surface area contributed by atoms with Crippen LogP contribution in [-0.4, -0.2) is 18.8 Å². The maximum absolute atomic E-state index is 4.25. The maximum Gasteiger partial charge on any atom is 0.0495 e. The normalized spacial score (nSPS) is 15.7. The second kappa shape index (κ2) is 13.3. The van der Waals surface area contributed by atoms with E-state index in [1.807, 2.05) is 36.4 Å². The number of benzene rings is 6. The van der Waals surface area contributed by atoms with E-state index < -0.39 is 0 Å². The molecule has 0 fully saturated rings. The van der Waals surface area contributed by atoms with Gasteiger partial charge in [-0.05, 0) is 76.0 Å². The third-order valence-corrected chi connectivity index (χ3v) is 8.61. The summed E-state index contributed by atoms with van der Waals surface area (Å²) in [5, 5.41) is 11.4. The quantitative estimate of drug-likeness (QED) is 0.222. The lowest BCUT2D eigenvalue weighted by molar-refractivity contribution is 0.277. The van der Waals surface area contributed by atoms with Gasteiger partial charge in [-0.25, -0.2) is 0 Å². The topological polar surface area (TPSA) is 26.2 Å². The summed E-state index contributed by atoms with van der Waals surface area (Å²) in [6, 6.07) is 47.4. The van der Waals surface area contributed by atoms with Gasteiger partial charge in [0.25, 0.3) is 0 Å². The molecule has 0 saturated carbocycles. The van der Waals surface area contributed by atoms with Crippen LogP contribution in [0.25, 0.3) is 43.4 Å². The molecule has 224 valence electrons. The minimum absolute atomic E-state index is 0.0399. The average Bonchev–Trinajstić information content (AvgIpc) is 3.36. The minimum Gasteiger partial charge on any atom is -0.388 e. The Kier molecular flexibility index (Phi) is 8.81. The Morgan fingerprint density at radius 1 is 0.622 bits per heavy atom. The molecular formula is C42H40N2O. The molecule has 6 aromatic carbocycles. The van der Waals surface area contributed by atoms with Crippen LogP contribution in [0.4, 0.5) is 5.69 Å². The van der Waals surface area contributed by atoms with Crippen LogP contribution in [0, 0.1) is 0 Å². The molecule has 0 saturated heterocycles. The second-order valence-electron chi connectivity index (χ2n) is 11.9. The largest absolute Gasteiger partial charge is 0.388 e. The van der Waals surface area contributed by atoms with Crippen molar-refractivity contribution in [2.24, 2.45) is 7.05 Å². The van der Waals surface area contributed by atoms with E-state index in [-0.39, 0.29) is 5.41 Å². The van der Waals surface area contributed by atoms with Crippen molar-refractivity contribution in [3.63, 3.8) is 0 Å². The molecule has 45 heavy (non-hydrogen) atoms. The predicted octanol–water partition coefficient (Wildman–Crippen LogP) is 10.8. The SMILES string of the molecule is COC.Cn1c2ccc(C3(C)C=CC(Nc4ccc5ccccc5c4)=CC3)cc2c2cc3ccccc3cc21.c1ccccc1. The summed E-state index contributed by atoms with van der Waals surface area (Å²) in [5.74, 6) is 0. The van der Waals surface area contributed by atoms with Crippen molar-refractivity contribution >= 4 is 49.0 Å². The fourth-order valence-corrected chi connectivity index (χ4v) is 6.11. The van der Waals surface area contributed by atoms with Crippen LogP contribution in [0.1, 0.15) is 18.9 Å². The molecule has 0 bridgehead atoms. The Bertz CT molecular complexity index is 2110. The zero-order valence-corrected chi connectivity index (χ0v) is 26.5. The number of hydrogen-bond donors (Lipinski definition) is 1. The van der Waals surface area contributed by atoms with Crippen LogP contribution in [0.15, 0.2) is 157 Å². The van der Waals surface area contributed by atoms with Crippen molar-refractivity contribution in [3.05, 3.63) is 163 Å². The van der Waals surface area contributed by atoms with Crippen LogP contribution >= 0.6 is 0 Å². The third kappa shape index (κ3) is 6.40. The number of aromatic nitrogens is 1. The first-order valence-electron chi connectivity index (χ1n) is 15.5. The zero-order chi connectivity index (χ0) is 31.2. The summed E-state index contributed by atoms with van der Waals surface area (Å²) >= 11 is 0. The average molecular weight is 589 g/mol. The molecule has 1 aromatic heterocycles. The lowest BCUT2D eigenvalue weighted by atomic mass is 9.76. The van der Waals surface area contributed by atoms with Crippen LogP contribution in [0.3, 0.4) is 0 Å². The number of fused-ring (bicyclic) bond motifs is 5. The van der Waals surface area contributed by atoms with Gasteiger partial charge in [0.15, 0.2) is 0 Å². The van der Waals surface area contributed by atoms with E-state index in [1.54, 1.807) is 14.2 Å². The first-order chi connectivity index (χ1) is 22.0. The van der Waals surface area contributed by atoms with Crippen LogP contribution in [0.2, 0.25) is 0 Å². The van der Waals surface area contributed by atoms with Gasteiger partial charge < -0.3 is 14.6 Å². The summed E-state index contributed by atoms with van der Waals surface area (Å²) < 4.78 is 6.57. The highest BCUT2D eigenvalue weighted by Gasteiger charge is 2.26. The minimum atomic E-state index is -0.0399. The standard InChI is InChI=1S/C34H28N2.C6H6.C2H6O/c1-34(17-15-28(16-18-34)35-29-13-11-23-7-3-4-8-24(23)19-29)27-12-14-32-31(22-27)30-20-25-9-5-6-10-26(25)21-33(30)36(32)2;1-2-4-6-5-3-1;1-3-2/h3-17,19-22,35H,18H2,1-2H3;1-6H;1-2H3. The van der Waals surface area contributed by atoms with E-state index in [1.165, 1.54) is 48.9 Å². The van der Waals surface area contributed by atoms with Gasteiger partial charge in [0.1, 0.15) is 0 Å². The maximum atomic E-state index is 4.25. The molecule has 0 spiro atoms. The van der Waals surface area contributed by atoms with E-state index in [9.17, 15) is 0 Å². The number of ether oxygens (including phenoxy) is 1. The predicted molar refractivity (Wildman–Crippen MR) is 194 cm³/mol. The zero-order valence-electron chi connectivity index (χ0n) is 26.5. The first-order valence-corrected chi connectivity index (χ1v) is 15.5. The van der Waals surface area contributed by atoms with Gasteiger partial charge in [-0.3, -0.25) is 0 Å². The van der Waals surface area contributed by atoms with Crippen LogP contribution < -0.4 is 5.32 Å². The van der Waals surface area contributed by atoms with Gasteiger partial charge in [0.05, 0.1) is 0 Å². The number of hydrogen-bond acceptors (Lipinski definition) is 2. The van der Waals surface area contributed by atoms with Gasteiger partial charge >= 0.3 is 0 Å². The fourth-order valence-electron chi connectivity index (χ4n) is 6.11. The molecule has 1 N–H and O–H groups in total. The van der Waals surface area contributed by atoms with E-state index in [4.69, 9.17) is 0 Å². The highest BCUT2D eigenvalue weighted by atomic mass is 16.4. The summed E-state index contributed by atoms with van der Waals surface area (Å²) in [7, 11) is 5.43. The number of anilines is 1. The number of aryl methyl sites for hydroxylation is 1. The van der Waals surface area contributed by atoms with E-state index in [2.05, 4.69) is 144 Å². The summed E-state index contributed by atoms with van der Waals surface area (Å²) in [4.78, 5) is 0. The molecule has 7 aromatic rings. The fraction of sp³-hybridized carbons (Fsp3) is 0.143. The molecule has 8 rings (SSSR count). The van der Waals surface area contributed by atoms with Crippen molar-refractivity contribution < 1.29 is 4.74 Å². The number of methoxy groups -OCH3 is 1. The Balaban J connectivity index is 0.000000348. The highest BCUT2D eigenvalue weighted by Crippen LogP contribution is 2.38. The highest BCUT2D eigenvalue weighted by molar-refractivity contribution is 6.12. The summed E-state index contributed by atoms with van der Waals surface area (Å²) in [6.07, 6.45) is 7.88. The Morgan fingerprint density at radius 2 is 1.20 bits per heavy atom. The molecule has 0 radical (unpaired) electrons. The summed E-state index contributed by atoms with van der Waals surface area (Å²) in [5.41, 5.74) is 6.15. The van der Waals surface area contributed by atoms with Gasteiger partial charge in [0.2, 0.25) is 0 Å². The molecule has 0 amide bonds. The van der Waals surface area contributed by atoms with Crippen LogP contribution in [-0.2, 0) is 17.2 Å². The Labute approximate surface area is 266 Å². The van der Waals surface area contributed by atoms with E-state index in [0.717, 1.165) is 17.8 Å². The molecular weight excluding hydrogens is 548 g/mol. The van der Waals surface area contributed by atoms with Gasteiger partial charge in [-0.15, -0.1) is 0 Å². The lowest BCUT2D eigenvalue weighted by Crippen LogP contribution is -2.21. The molecule has 1 heterocycles. The van der Waals surface area contributed by atoms with Crippen molar-refractivity contribution in [1.82, 2.24) is 4.57 Å². The molecule has 1 aliphatic rings. The smallest absolute Gasteiger partial charge is 0.0495 e. The van der Waals surface area contributed by atoms with E-state index in [0.29, 0.717) is 0 Å².